The van der Waals surface area contributed by atoms with E-state index in [1.807, 2.05) is 0 Å². The number of aliphatic hydroxyl groups excluding tert-OH is 1. The van der Waals surface area contributed by atoms with Crippen LogP contribution in [0.5, 0.6) is 0 Å². The average molecular weight is 266 g/mol. The molecule has 0 aliphatic carbocycles. The fraction of sp³-hybridized carbons (Fsp3) is 0.385. The van der Waals surface area contributed by atoms with E-state index in [-0.39, 0.29) is 6.54 Å². The van der Waals surface area contributed by atoms with Gasteiger partial charge >= 0.3 is 12.0 Å². The minimum absolute atomic E-state index is 0.132. The van der Waals surface area contributed by atoms with Crippen LogP contribution in [-0.2, 0) is 4.79 Å². The van der Waals surface area contributed by atoms with Crippen LogP contribution in [0.25, 0.3) is 0 Å². The predicted molar refractivity (Wildman–Crippen MR) is 69.7 cm³/mol. The molecule has 0 saturated heterocycles. The van der Waals surface area contributed by atoms with Crippen molar-refractivity contribution in [1.29, 1.82) is 0 Å². The molecule has 0 aliphatic heterocycles. The maximum Gasteiger partial charge on any atom is 0.330 e. The number of likely N-dealkylation sites (N-methyl/N-ethyl adjacent to an activating group) is 1. The van der Waals surface area contributed by atoms with Gasteiger partial charge in [0.05, 0.1) is 6.10 Å². The first-order valence-electron chi connectivity index (χ1n) is 5.89. The van der Waals surface area contributed by atoms with Gasteiger partial charge in [-0.25, -0.2) is 9.59 Å². The van der Waals surface area contributed by atoms with Crippen molar-refractivity contribution in [2.75, 3.05) is 13.6 Å². The summed E-state index contributed by atoms with van der Waals surface area (Å²) in [5.41, 5.74) is 0.494. The molecule has 1 aromatic carbocycles. The van der Waals surface area contributed by atoms with E-state index in [9.17, 15) is 14.7 Å². The number of benzene rings is 1. The van der Waals surface area contributed by atoms with Gasteiger partial charge in [-0.05, 0) is 12.5 Å². The lowest BCUT2D eigenvalue weighted by Gasteiger charge is -2.22. The number of aliphatic hydroxyl groups is 1. The number of carboxylic acid groups (broad SMARTS) is 1. The zero-order chi connectivity index (χ0) is 14.4. The quantitative estimate of drug-likeness (QED) is 0.736. The van der Waals surface area contributed by atoms with E-state index >= 15 is 0 Å². The van der Waals surface area contributed by atoms with Gasteiger partial charge in [0, 0.05) is 13.6 Å². The highest BCUT2D eigenvalue weighted by atomic mass is 16.4. The van der Waals surface area contributed by atoms with E-state index in [1.165, 1.54) is 11.9 Å². The van der Waals surface area contributed by atoms with Crippen molar-refractivity contribution >= 4 is 12.0 Å². The van der Waals surface area contributed by atoms with Crippen molar-refractivity contribution in [1.82, 2.24) is 10.2 Å². The van der Waals surface area contributed by atoms with Crippen molar-refractivity contribution in [3.05, 3.63) is 35.9 Å². The third-order valence-electron chi connectivity index (χ3n) is 2.53. The molecule has 0 aromatic heterocycles. The van der Waals surface area contributed by atoms with Crippen molar-refractivity contribution < 1.29 is 19.8 Å². The van der Waals surface area contributed by atoms with Crippen LogP contribution in [-0.4, -0.2) is 46.8 Å². The van der Waals surface area contributed by atoms with Crippen molar-refractivity contribution in [2.45, 2.75) is 19.1 Å². The summed E-state index contributed by atoms with van der Waals surface area (Å²) in [7, 11) is 1.49. The maximum absolute atomic E-state index is 11.8. The Morgan fingerprint density at radius 2 is 1.89 bits per heavy atom. The molecule has 6 heteroatoms. The minimum atomic E-state index is -1.13. The molecule has 2 amide bonds. The van der Waals surface area contributed by atoms with Gasteiger partial charge in [-0.1, -0.05) is 30.3 Å². The molecule has 2 atom stereocenters. The van der Waals surface area contributed by atoms with Gasteiger partial charge in [0.1, 0.15) is 0 Å². The third kappa shape index (κ3) is 4.59. The highest BCUT2D eigenvalue weighted by molar-refractivity contribution is 5.83. The lowest BCUT2D eigenvalue weighted by Crippen LogP contribution is -2.44. The SMILES string of the molecule is CC(O)CN(C)C(=O)NC(C(=O)O)c1ccccc1. The summed E-state index contributed by atoms with van der Waals surface area (Å²) in [4.78, 5) is 24.2. The number of carbonyl (C=O) groups is 2. The number of carbonyl (C=O) groups excluding carboxylic acids is 1. The van der Waals surface area contributed by atoms with Gasteiger partial charge < -0.3 is 20.4 Å². The number of aliphatic carboxylic acids is 1. The predicted octanol–water partition coefficient (Wildman–Crippen LogP) is 0.834. The van der Waals surface area contributed by atoms with E-state index in [0.717, 1.165) is 0 Å². The summed E-state index contributed by atoms with van der Waals surface area (Å²) < 4.78 is 0. The average Bonchev–Trinajstić information content (AvgIpc) is 2.35. The van der Waals surface area contributed by atoms with Crippen LogP contribution < -0.4 is 5.32 Å². The van der Waals surface area contributed by atoms with Crippen LogP contribution in [0, 0.1) is 0 Å². The number of nitrogens with one attached hydrogen (secondary N) is 1. The first kappa shape index (κ1) is 15.0. The van der Waals surface area contributed by atoms with Crippen LogP contribution in [0.3, 0.4) is 0 Å². The van der Waals surface area contributed by atoms with Gasteiger partial charge in [0.15, 0.2) is 6.04 Å². The topological polar surface area (TPSA) is 89.9 Å². The number of hydrogen-bond donors (Lipinski definition) is 3. The molecule has 3 N–H and O–H groups in total. The molecule has 19 heavy (non-hydrogen) atoms. The van der Waals surface area contributed by atoms with Crippen molar-refractivity contribution in [3.63, 3.8) is 0 Å². The Bertz CT molecular complexity index is 434. The Labute approximate surface area is 111 Å². The zero-order valence-corrected chi connectivity index (χ0v) is 10.9. The van der Waals surface area contributed by atoms with Gasteiger partial charge in [-0.2, -0.15) is 0 Å². The largest absolute Gasteiger partial charge is 0.479 e. The van der Waals surface area contributed by atoms with Gasteiger partial charge in [-0.15, -0.1) is 0 Å². The van der Waals surface area contributed by atoms with Crippen LogP contribution >= 0.6 is 0 Å². The van der Waals surface area contributed by atoms with Crippen LogP contribution in [0.4, 0.5) is 4.79 Å². The molecule has 0 fully saturated rings. The van der Waals surface area contributed by atoms with Gasteiger partial charge in [0.2, 0.25) is 0 Å². The molecule has 0 heterocycles. The summed E-state index contributed by atoms with van der Waals surface area (Å²) in [6.45, 7) is 1.68. The molecule has 2 unspecified atom stereocenters. The molecule has 104 valence electrons. The molecular weight excluding hydrogens is 248 g/mol. The summed E-state index contributed by atoms with van der Waals surface area (Å²) in [5, 5.41) is 20.8. The summed E-state index contributed by atoms with van der Waals surface area (Å²) in [6, 6.07) is 6.79. The highest BCUT2D eigenvalue weighted by Crippen LogP contribution is 2.13. The van der Waals surface area contributed by atoms with Gasteiger partial charge in [-0.3, -0.25) is 0 Å². The summed E-state index contributed by atoms with van der Waals surface area (Å²) in [5.74, 6) is -1.13. The third-order valence-corrected chi connectivity index (χ3v) is 2.53. The number of nitrogens with zero attached hydrogens (tertiary/aromatic N) is 1. The second-order valence-corrected chi connectivity index (χ2v) is 4.36. The molecule has 1 aromatic rings. The number of rotatable bonds is 5. The van der Waals surface area contributed by atoms with E-state index < -0.39 is 24.1 Å². The Morgan fingerprint density at radius 1 is 1.32 bits per heavy atom. The van der Waals surface area contributed by atoms with Crippen LogP contribution in [0.1, 0.15) is 18.5 Å². The first-order valence-corrected chi connectivity index (χ1v) is 5.89. The van der Waals surface area contributed by atoms with Crippen LogP contribution in [0.2, 0.25) is 0 Å². The Hall–Kier alpha value is -2.08. The number of urea groups is 1. The normalized spacial score (nSPS) is 13.4. The Kier molecular flexibility index (Phi) is 5.32. The molecule has 0 radical (unpaired) electrons. The standard InChI is InChI=1S/C13H18N2O4/c1-9(16)8-15(2)13(19)14-11(12(17)18)10-6-4-3-5-7-10/h3-7,9,11,16H,8H2,1-2H3,(H,14,19)(H,17,18). The fourth-order valence-corrected chi connectivity index (χ4v) is 1.65. The second kappa shape index (κ2) is 6.75. The number of hydrogen-bond acceptors (Lipinski definition) is 3. The monoisotopic (exact) mass is 266 g/mol. The highest BCUT2D eigenvalue weighted by Gasteiger charge is 2.23. The Morgan fingerprint density at radius 3 is 2.37 bits per heavy atom. The van der Waals surface area contributed by atoms with Crippen LogP contribution in [0.15, 0.2) is 30.3 Å². The lowest BCUT2D eigenvalue weighted by atomic mass is 10.1. The van der Waals surface area contributed by atoms with E-state index in [2.05, 4.69) is 5.32 Å². The number of amides is 2. The van der Waals surface area contributed by atoms with E-state index in [0.29, 0.717) is 5.56 Å². The molecular formula is C13H18N2O4. The van der Waals surface area contributed by atoms with Crippen molar-refractivity contribution in [3.8, 4) is 0 Å². The molecule has 0 spiro atoms. The first-order chi connectivity index (χ1) is 8.91. The summed E-state index contributed by atoms with van der Waals surface area (Å²) in [6.07, 6.45) is -0.671. The molecule has 1 rings (SSSR count). The van der Waals surface area contributed by atoms with Gasteiger partial charge in [0.25, 0.3) is 0 Å². The second-order valence-electron chi connectivity index (χ2n) is 4.36. The molecule has 6 nitrogen and oxygen atoms in total. The minimum Gasteiger partial charge on any atom is -0.479 e. The molecule has 0 bridgehead atoms. The van der Waals surface area contributed by atoms with Crippen molar-refractivity contribution in [2.24, 2.45) is 0 Å². The molecule has 0 aliphatic rings. The van der Waals surface area contributed by atoms with E-state index in [4.69, 9.17) is 5.11 Å². The van der Waals surface area contributed by atoms with E-state index in [1.54, 1.807) is 37.3 Å². The number of carboxylic acids is 1. The maximum atomic E-state index is 11.8. The molecule has 0 saturated carbocycles. The fourth-order valence-electron chi connectivity index (χ4n) is 1.65. The lowest BCUT2D eigenvalue weighted by molar-refractivity contribution is -0.139. The zero-order valence-electron chi connectivity index (χ0n) is 10.9. The Balaban J connectivity index is 2.75. The smallest absolute Gasteiger partial charge is 0.330 e. The summed E-state index contributed by atoms with van der Waals surface area (Å²) >= 11 is 0.